The number of methoxy groups -OCH3 is 1. The van der Waals surface area contributed by atoms with E-state index in [1.807, 2.05) is 32.1 Å². The van der Waals surface area contributed by atoms with Gasteiger partial charge in [0.25, 0.3) is 0 Å². The first-order chi connectivity index (χ1) is 13.8. The Morgan fingerprint density at radius 1 is 1.28 bits per heavy atom. The van der Waals surface area contributed by atoms with Crippen molar-refractivity contribution in [3.8, 4) is 24.0 Å². The molecule has 1 saturated carbocycles. The average Bonchev–Trinajstić information content (AvgIpc) is 2.73. The van der Waals surface area contributed by atoms with Crippen LogP contribution in [0.3, 0.4) is 0 Å². The Labute approximate surface area is 169 Å². The molecule has 29 heavy (non-hydrogen) atoms. The number of fused-ring (bicyclic) bond motifs is 1. The molecule has 1 heterocycles. The van der Waals surface area contributed by atoms with Crippen LogP contribution >= 0.6 is 0 Å². The Bertz CT molecular complexity index is 980. The zero-order valence-electron chi connectivity index (χ0n) is 16.6. The molecule has 0 bridgehead atoms. The van der Waals surface area contributed by atoms with Crippen LogP contribution in [0.4, 0.5) is 4.39 Å². The second-order valence-corrected chi connectivity index (χ2v) is 7.73. The highest BCUT2D eigenvalue weighted by Gasteiger charge is 2.58. The van der Waals surface area contributed by atoms with Gasteiger partial charge in [0.2, 0.25) is 0 Å². The number of nitriles is 3. The first-order valence-corrected chi connectivity index (χ1v) is 9.43. The van der Waals surface area contributed by atoms with Crippen LogP contribution in [0.5, 0.6) is 5.75 Å². The Balaban J connectivity index is 2.30. The van der Waals surface area contributed by atoms with Crippen LogP contribution in [0.15, 0.2) is 29.8 Å². The molecular weight excluding hydrogens is 369 g/mol. The summed E-state index contributed by atoms with van der Waals surface area (Å²) in [6.45, 7) is 5.15. The molecule has 1 aliphatic heterocycles. The first kappa shape index (κ1) is 20.5. The minimum absolute atomic E-state index is 0.162. The summed E-state index contributed by atoms with van der Waals surface area (Å²) in [4.78, 5) is 2.15. The highest BCUT2D eigenvalue weighted by atomic mass is 19.1. The maximum atomic E-state index is 15.0. The van der Waals surface area contributed by atoms with E-state index in [9.17, 15) is 20.2 Å². The lowest BCUT2D eigenvalue weighted by atomic mass is 9.54. The number of hydrogen-bond acceptors (Lipinski definition) is 6. The Hall–Kier alpha value is -3.21. The zero-order chi connectivity index (χ0) is 21.3. The van der Waals surface area contributed by atoms with Gasteiger partial charge in [-0.2, -0.15) is 15.8 Å². The number of nitrogens with one attached hydrogen (secondary N) is 1. The summed E-state index contributed by atoms with van der Waals surface area (Å²) >= 11 is 0. The molecule has 0 spiro atoms. The van der Waals surface area contributed by atoms with Gasteiger partial charge in [-0.15, -0.1) is 0 Å². The average molecular weight is 391 g/mol. The Morgan fingerprint density at radius 2 is 1.97 bits per heavy atom. The topological polar surface area (TPSA) is 108 Å². The second-order valence-electron chi connectivity index (χ2n) is 7.73. The lowest BCUT2D eigenvalue weighted by molar-refractivity contribution is 0.170. The molecule has 1 aromatic carbocycles. The molecule has 0 aromatic heterocycles. The molecular formula is C22H22FN5O. The number of halogens is 1. The van der Waals surface area contributed by atoms with Crippen molar-refractivity contribution in [3.05, 3.63) is 41.2 Å². The van der Waals surface area contributed by atoms with Gasteiger partial charge in [0, 0.05) is 31.0 Å². The van der Waals surface area contributed by atoms with E-state index >= 15 is 0 Å². The van der Waals surface area contributed by atoms with Gasteiger partial charge < -0.3 is 10.1 Å². The fraction of sp³-hybridized carbons (Fsp3) is 0.455. The largest absolute Gasteiger partial charge is 0.497 e. The third kappa shape index (κ3) is 3.07. The monoisotopic (exact) mass is 391 g/mol. The number of rotatable bonds is 3. The molecule has 0 saturated heterocycles. The Kier molecular flexibility index (Phi) is 5.42. The Morgan fingerprint density at radius 3 is 2.52 bits per heavy atom. The number of hydrogen-bond donors (Lipinski definition) is 1. The van der Waals surface area contributed by atoms with E-state index in [1.54, 1.807) is 0 Å². The fourth-order valence-electron chi connectivity index (χ4n) is 4.48. The lowest BCUT2D eigenvalue weighted by Crippen LogP contribution is -2.53. The molecule has 2 aliphatic rings. The summed E-state index contributed by atoms with van der Waals surface area (Å²) in [6, 6.07) is 10.5. The summed E-state index contributed by atoms with van der Waals surface area (Å²) in [5.74, 6) is -2.47. The van der Waals surface area contributed by atoms with Crippen molar-refractivity contribution >= 4 is 5.71 Å². The van der Waals surface area contributed by atoms with Crippen LogP contribution in [0.1, 0.15) is 25.3 Å². The van der Waals surface area contributed by atoms with Gasteiger partial charge in [-0.3, -0.25) is 4.90 Å². The molecule has 3 rings (SSSR count). The predicted molar refractivity (Wildman–Crippen MR) is 104 cm³/mol. The van der Waals surface area contributed by atoms with Crippen molar-refractivity contribution in [1.29, 1.82) is 21.2 Å². The number of ether oxygens (including phenoxy) is 1. The minimum atomic E-state index is -1.93. The van der Waals surface area contributed by atoms with Crippen LogP contribution in [0, 0.1) is 62.5 Å². The summed E-state index contributed by atoms with van der Waals surface area (Å²) in [7, 11) is 1.46. The van der Waals surface area contributed by atoms with E-state index in [2.05, 4.69) is 11.0 Å². The van der Waals surface area contributed by atoms with E-state index < -0.39 is 29.0 Å². The third-order valence-electron chi connectivity index (χ3n) is 6.09. The molecule has 1 aromatic rings. The summed E-state index contributed by atoms with van der Waals surface area (Å²) in [6.07, 6.45) is 1.90. The summed E-state index contributed by atoms with van der Waals surface area (Å²) in [5, 5.41) is 38.4. The van der Waals surface area contributed by atoms with Crippen molar-refractivity contribution in [1.82, 2.24) is 4.90 Å². The highest BCUT2D eigenvalue weighted by molar-refractivity contribution is 6.00. The smallest absolute Gasteiger partial charge is 0.189 e. The van der Waals surface area contributed by atoms with Gasteiger partial charge in [0.15, 0.2) is 5.41 Å². The first-order valence-electron chi connectivity index (χ1n) is 9.43. The van der Waals surface area contributed by atoms with Crippen LogP contribution in [-0.4, -0.2) is 36.9 Å². The number of nitrogens with zero attached hydrogens (tertiary/aromatic N) is 4. The zero-order valence-corrected chi connectivity index (χ0v) is 16.6. The lowest BCUT2D eigenvalue weighted by Gasteiger charge is -2.48. The molecule has 1 fully saturated rings. The molecule has 0 radical (unpaired) electrons. The van der Waals surface area contributed by atoms with Crippen LogP contribution in [0.25, 0.3) is 0 Å². The molecule has 1 N–H and O–H groups in total. The van der Waals surface area contributed by atoms with E-state index in [1.165, 1.54) is 25.3 Å². The van der Waals surface area contributed by atoms with Crippen molar-refractivity contribution in [2.75, 3.05) is 20.2 Å². The number of benzene rings is 1. The van der Waals surface area contributed by atoms with Crippen molar-refractivity contribution in [3.63, 3.8) is 0 Å². The fourth-order valence-corrected chi connectivity index (χ4v) is 4.48. The van der Waals surface area contributed by atoms with Gasteiger partial charge in [-0.25, -0.2) is 4.39 Å². The van der Waals surface area contributed by atoms with Crippen LogP contribution in [0.2, 0.25) is 0 Å². The molecule has 1 unspecified atom stereocenters. The van der Waals surface area contributed by atoms with Gasteiger partial charge >= 0.3 is 0 Å². The van der Waals surface area contributed by atoms with Gasteiger partial charge in [0.05, 0.1) is 31.0 Å². The van der Waals surface area contributed by atoms with Gasteiger partial charge in [-0.05, 0) is 43.2 Å². The standard InChI is InChI=1S/C22H22FN5O/c1-13(2)28-7-6-15-17(9-24)21(27)22(11-25,12-26)20(18(15)10-28)16-8-14(29-3)4-5-19(16)23/h4-6,8,13,17-18,20,27H,7,10H2,1-3H3/t17?,18-,20+/m0/s1. The van der Waals surface area contributed by atoms with E-state index in [-0.39, 0.29) is 17.3 Å². The maximum Gasteiger partial charge on any atom is 0.189 e. The SMILES string of the molecule is COc1ccc(F)c([C@@H]2[C@H]3CN(C(C)C)CC=C3C(C#N)C(=N)C2(C#N)C#N)c1. The normalized spacial score (nSPS) is 25.9. The minimum Gasteiger partial charge on any atom is -0.497 e. The third-order valence-corrected chi connectivity index (χ3v) is 6.09. The molecule has 1 aliphatic carbocycles. The molecule has 0 amide bonds. The van der Waals surface area contributed by atoms with E-state index in [0.29, 0.717) is 24.4 Å². The predicted octanol–water partition coefficient (Wildman–Crippen LogP) is 3.39. The van der Waals surface area contributed by atoms with Crippen molar-refractivity contribution < 1.29 is 9.13 Å². The van der Waals surface area contributed by atoms with Crippen LogP contribution < -0.4 is 4.74 Å². The highest BCUT2D eigenvalue weighted by Crippen LogP contribution is 2.54. The summed E-state index contributed by atoms with van der Waals surface area (Å²) in [5.41, 5.74) is -1.36. The molecule has 7 heteroatoms. The van der Waals surface area contributed by atoms with Crippen LogP contribution in [-0.2, 0) is 0 Å². The summed E-state index contributed by atoms with van der Waals surface area (Å²) < 4.78 is 20.2. The van der Waals surface area contributed by atoms with Gasteiger partial charge in [0.1, 0.15) is 17.5 Å². The second kappa shape index (κ2) is 7.66. The molecule has 3 atom stereocenters. The van der Waals surface area contributed by atoms with Gasteiger partial charge in [-0.1, -0.05) is 6.08 Å². The quantitative estimate of drug-likeness (QED) is 0.795. The maximum absolute atomic E-state index is 15.0. The van der Waals surface area contributed by atoms with Crippen molar-refractivity contribution in [2.24, 2.45) is 17.3 Å². The molecule has 6 nitrogen and oxygen atoms in total. The van der Waals surface area contributed by atoms with E-state index in [4.69, 9.17) is 10.1 Å². The van der Waals surface area contributed by atoms with Crippen molar-refractivity contribution in [2.45, 2.75) is 25.8 Å². The molecule has 148 valence electrons. The van der Waals surface area contributed by atoms with E-state index in [0.717, 1.165) is 0 Å².